The first-order valence-electron chi connectivity index (χ1n) is 8.60. The summed E-state index contributed by atoms with van der Waals surface area (Å²) >= 11 is 0. The fourth-order valence-electron chi connectivity index (χ4n) is 2.76. The summed E-state index contributed by atoms with van der Waals surface area (Å²) in [6, 6.07) is 11.8. The highest BCUT2D eigenvalue weighted by molar-refractivity contribution is 6.03. The van der Waals surface area contributed by atoms with Crippen molar-refractivity contribution in [2.45, 2.75) is 13.5 Å². The van der Waals surface area contributed by atoms with Crippen LogP contribution in [0.1, 0.15) is 17.3 Å². The van der Waals surface area contributed by atoms with Gasteiger partial charge in [0.25, 0.3) is 11.5 Å². The minimum Gasteiger partial charge on any atom is -0.363 e. The molecule has 1 amide bonds. The van der Waals surface area contributed by atoms with Gasteiger partial charge in [0.2, 0.25) is 0 Å². The minimum absolute atomic E-state index is 0.196. The molecule has 9 nitrogen and oxygen atoms in total. The second-order valence-electron chi connectivity index (χ2n) is 5.90. The molecule has 0 saturated carbocycles. The fourth-order valence-corrected chi connectivity index (χ4v) is 2.76. The van der Waals surface area contributed by atoms with E-state index in [-0.39, 0.29) is 17.3 Å². The van der Waals surface area contributed by atoms with Crippen molar-refractivity contribution in [1.82, 2.24) is 19.7 Å². The molecule has 0 spiro atoms. The lowest BCUT2D eigenvalue weighted by atomic mass is 10.2. The molecule has 0 bridgehead atoms. The number of fused-ring (bicyclic) bond motifs is 1. The van der Waals surface area contributed by atoms with Gasteiger partial charge in [0.1, 0.15) is 11.8 Å². The van der Waals surface area contributed by atoms with Crippen LogP contribution >= 0.6 is 0 Å². The molecule has 1 aromatic carbocycles. The molecule has 0 fully saturated rings. The zero-order chi connectivity index (χ0) is 19.5. The normalized spacial score (nSPS) is 10.8. The molecule has 3 aromatic heterocycles. The van der Waals surface area contributed by atoms with Crippen molar-refractivity contribution < 1.29 is 9.32 Å². The minimum atomic E-state index is -0.316. The number of anilines is 3. The number of carbonyl (C=O) groups is 1. The lowest BCUT2D eigenvalue weighted by Crippen LogP contribution is -2.24. The Morgan fingerprint density at radius 1 is 1.18 bits per heavy atom. The van der Waals surface area contributed by atoms with Crippen LogP contribution in [0.5, 0.6) is 0 Å². The number of aromatic nitrogens is 4. The maximum absolute atomic E-state index is 12.7. The van der Waals surface area contributed by atoms with Crippen LogP contribution in [-0.4, -0.2) is 25.6 Å². The summed E-state index contributed by atoms with van der Waals surface area (Å²) in [6.45, 7) is 2.35. The van der Waals surface area contributed by atoms with Gasteiger partial charge in [-0.1, -0.05) is 5.16 Å². The van der Waals surface area contributed by atoms with Gasteiger partial charge in [0, 0.05) is 30.1 Å². The van der Waals surface area contributed by atoms with Crippen LogP contribution < -0.4 is 16.2 Å². The van der Waals surface area contributed by atoms with Crippen LogP contribution in [0.2, 0.25) is 0 Å². The lowest BCUT2D eigenvalue weighted by molar-refractivity contribution is 0.102. The zero-order valence-electron chi connectivity index (χ0n) is 14.9. The third kappa shape index (κ3) is 3.32. The molecule has 2 N–H and O–H groups in total. The largest absolute Gasteiger partial charge is 0.363 e. The summed E-state index contributed by atoms with van der Waals surface area (Å²) in [6.07, 6.45) is 3.00. The quantitative estimate of drug-likeness (QED) is 0.550. The number of nitrogens with zero attached hydrogens (tertiary/aromatic N) is 4. The van der Waals surface area contributed by atoms with Crippen molar-refractivity contribution in [3.63, 3.8) is 0 Å². The molecule has 0 aliphatic carbocycles. The number of carbonyl (C=O) groups excluding carboxylic acids is 1. The number of hydrogen-bond donors (Lipinski definition) is 2. The van der Waals surface area contributed by atoms with Gasteiger partial charge in [-0.05, 0) is 43.3 Å². The summed E-state index contributed by atoms with van der Waals surface area (Å²) in [5.41, 5.74) is 1.97. The number of pyridine rings is 1. The Balaban J connectivity index is 1.59. The van der Waals surface area contributed by atoms with Crippen LogP contribution in [0.3, 0.4) is 0 Å². The number of nitrogens with one attached hydrogen (secondary N) is 2. The van der Waals surface area contributed by atoms with Crippen LogP contribution in [0.25, 0.3) is 11.2 Å². The monoisotopic (exact) mass is 376 g/mol. The molecule has 0 radical (unpaired) electrons. The van der Waals surface area contributed by atoms with E-state index in [1.54, 1.807) is 53.2 Å². The average Bonchev–Trinajstić information content (AvgIpc) is 3.22. The van der Waals surface area contributed by atoms with Gasteiger partial charge in [-0.25, -0.2) is 9.97 Å². The molecule has 9 heteroatoms. The van der Waals surface area contributed by atoms with Gasteiger partial charge in [-0.2, -0.15) is 0 Å². The second kappa shape index (κ2) is 7.31. The predicted octanol–water partition coefficient (Wildman–Crippen LogP) is 2.80. The van der Waals surface area contributed by atoms with Gasteiger partial charge < -0.3 is 15.2 Å². The maximum Gasteiger partial charge on any atom is 0.295 e. The van der Waals surface area contributed by atoms with Crippen LogP contribution in [0.15, 0.2) is 64.2 Å². The number of hydrogen-bond acceptors (Lipinski definition) is 7. The molecule has 0 saturated heterocycles. The molecular weight excluding hydrogens is 360 g/mol. The van der Waals surface area contributed by atoms with E-state index in [4.69, 9.17) is 0 Å². The Kier molecular flexibility index (Phi) is 4.55. The van der Waals surface area contributed by atoms with E-state index in [9.17, 15) is 9.59 Å². The SMILES string of the molecule is CCn1c(=O)c(Nc2ccc(C(=O)Nc3ccon3)cc2)nc2cccnc21. The summed E-state index contributed by atoms with van der Waals surface area (Å²) in [7, 11) is 0. The topological polar surface area (TPSA) is 115 Å². The van der Waals surface area contributed by atoms with Crippen molar-refractivity contribution >= 4 is 34.4 Å². The number of benzene rings is 1. The Labute approximate surface area is 159 Å². The van der Waals surface area contributed by atoms with Gasteiger partial charge >= 0.3 is 0 Å². The molecule has 0 aliphatic heterocycles. The van der Waals surface area contributed by atoms with E-state index < -0.39 is 0 Å². The van der Waals surface area contributed by atoms with Crippen molar-refractivity contribution in [3.05, 3.63) is 70.8 Å². The van der Waals surface area contributed by atoms with E-state index in [0.717, 1.165) is 0 Å². The summed E-state index contributed by atoms with van der Waals surface area (Å²) < 4.78 is 6.24. The van der Waals surface area contributed by atoms with E-state index in [1.165, 1.54) is 6.26 Å². The third-order valence-corrected chi connectivity index (χ3v) is 4.11. The molecule has 0 atom stereocenters. The highest BCUT2D eigenvalue weighted by Gasteiger charge is 2.12. The number of amides is 1. The summed E-state index contributed by atoms with van der Waals surface area (Å²) in [4.78, 5) is 33.5. The van der Waals surface area contributed by atoms with E-state index >= 15 is 0 Å². The van der Waals surface area contributed by atoms with Gasteiger partial charge in [0.15, 0.2) is 17.3 Å². The van der Waals surface area contributed by atoms with Crippen molar-refractivity contribution in [1.29, 1.82) is 0 Å². The van der Waals surface area contributed by atoms with Crippen LogP contribution in [0.4, 0.5) is 17.3 Å². The summed E-state index contributed by atoms with van der Waals surface area (Å²) in [5.74, 6) is 0.215. The smallest absolute Gasteiger partial charge is 0.295 e. The second-order valence-corrected chi connectivity index (χ2v) is 5.90. The maximum atomic E-state index is 12.7. The number of aryl methyl sites for hydroxylation is 1. The molecule has 4 aromatic rings. The number of rotatable bonds is 5. The van der Waals surface area contributed by atoms with E-state index in [1.807, 2.05) is 6.92 Å². The third-order valence-electron chi connectivity index (χ3n) is 4.11. The van der Waals surface area contributed by atoms with Crippen molar-refractivity contribution in [2.24, 2.45) is 0 Å². The Morgan fingerprint density at radius 3 is 2.71 bits per heavy atom. The first kappa shape index (κ1) is 17.4. The molecule has 28 heavy (non-hydrogen) atoms. The molecule has 0 unspecified atom stereocenters. The Hall–Kier alpha value is -4.01. The first-order valence-corrected chi connectivity index (χ1v) is 8.60. The Bertz CT molecular complexity index is 1180. The van der Waals surface area contributed by atoms with Gasteiger partial charge in [-0.15, -0.1) is 0 Å². The molecule has 4 rings (SSSR count). The average molecular weight is 376 g/mol. The van der Waals surface area contributed by atoms with Crippen LogP contribution in [-0.2, 0) is 6.54 Å². The van der Waals surface area contributed by atoms with Gasteiger partial charge in [-0.3, -0.25) is 14.2 Å². The van der Waals surface area contributed by atoms with E-state index in [2.05, 4.69) is 30.3 Å². The first-order chi connectivity index (χ1) is 13.7. The molecule has 3 heterocycles. The Morgan fingerprint density at radius 2 is 2.00 bits per heavy atom. The lowest BCUT2D eigenvalue weighted by Gasteiger charge is -2.11. The zero-order valence-corrected chi connectivity index (χ0v) is 14.9. The highest BCUT2D eigenvalue weighted by Crippen LogP contribution is 2.16. The standard InChI is InChI=1S/C19H16N6O3/c1-2-25-17-14(4-3-10-20-17)22-16(19(25)27)21-13-7-5-12(6-8-13)18(26)23-15-9-11-28-24-15/h3-11H,2H2,1H3,(H,21,22)(H,23,24,26). The predicted molar refractivity (Wildman–Crippen MR) is 104 cm³/mol. The molecular formula is C19H16N6O3. The summed E-state index contributed by atoms with van der Waals surface area (Å²) in [5, 5.41) is 9.27. The van der Waals surface area contributed by atoms with Crippen molar-refractivity contribution in [2.75, 3.05) is 10.6 Å². The molecule has 140 valence electrons. The fraction of sp³-hybridized carbons (Fsp3) is 0.105. The molecule has 0 aliphatic rings. The van der Waals surface area contributed by atoms with Gasteiger partial charge in [0.05, 0.1) is 0 Å². The van der Waals surface area contributed by atoms with E-state index in [0.29, 0.717) is 34.8 Å². The van der Waals surface area contributed by atoms with Crippen LogP contribution in [0, 0.1) is 0 Å². The van der Waals surface area contributed by atoms with Crippen molar-refractivity contribution in [3.8, 4) is 0 Å². The highest BCUT2D eigenvalue weighted by atomic mass is 16.5.